The van der Waals surface area contributed by atoms with Crippen LogP contribution in [-0.2, 0) is 11.2 Å². The molecule has 4 nitrogen and oxygen atoms in total. The molecular weight excluding hydrogens is 351 g/mol. The first-order valence-corrected chi connectivity index (χ1v) is 8.76. The predicted molar refractivity (Wildman–Crippen MR) is 102 cm³/mol. The zero-order valence-electron chi connectivity index (χ0n) is 14.1. The summed E-state index contributed by atoms with van der Waals surface area (Å²) in [7, 11) is 1.61. The standard InChI is InChI=1S/C20H17FN2O2S/c1-25-17-9-4-14(5-10-17)6-11-19(24)23-20-22-13-18(26-20)12-15-2-7-16(21)8-3-15/h2-11,13H,12H2,1H3,(H,22,23,24). The van der Waals surface area contributed by atoms with Gasteiger partial charge in [-0.15, -0.1) is 11.3 Å². The van der Waals surface area contributed by atoms with Crippen molar-refractivity contribution in [2.45, 2.75) is 6.42 Å². The smallest absolute Gasteiger partial charge is 0.250 e. The number of hydrogen-bond acceptors (Lipinski definition) is 4. The molecule has 2 aromatic carbocycles. The van der Waals surface area contributed by atoms with Crippen LogP contribution in [0.15, 0.2) is 60.8 Å². The summed E-state index contributed by atoms with van der Waals surface area (Å²) in [6, 6.07) is 13.8. The van der Waals surface area contributed by atoms with Gasteiger partial charge in [0.05, 0.1) is 7.11 Å². The van der Waals surface area contributed by atoms with Crippen molar-refractivity contribution >= 4 is 28.5 Å². The summed E-state index contributed by atoms with van der Waals surface area (Å²) >= 11 is 1.40. The number of benzene rings is 2. The molecule has 1 N–H and O–H groups in total. The van der Waals surface area contributed by atoms with Gasteiger partial charge in [-0.3, -0.25) is 10.1 Å². The van der Waals surface area contributed by atoms with Gasteiger partial charge in [-0.1, -0.05) is 24.3 Å². The second kappa shape index (κ2) is 8.40. The molecule has 0 radical (unpaired) electrons. The second-order valence-electron chi connectivity index (χ2n) is 5.53. The van der Waals surface area contributed by atoms with Crippen molar-refractivity contribution in [3.05, 3.63) is 82.6 Å². The summed E-state index contributed by atoms with van der Waals surface area (Å²) in [4.78, 5) is 17.2. The van der Waals surface area contributed by atoms with Crippen LogP contribution in [0.1, 0.15) is 16.0 Å². The highest BCUT2D eigenvalue weighted by Gasteiger charge is 2.06. The fourth-order valence-corrected chi connectivity index (χ4v) is 3.13. The third kappa shape index (κ3) is 5.00. The molecule has 6 heteroatoms. The lowest BCUT2D eigenvalue weighted by Crippen LogP contribution is -2.07. The van der Waals surface area contributed by atoms with E-state index in [9.17, 15) is 9.18 Å². The Balaban J connectivity index is 1.56. The number of aromatic nitrogens is 1. The van der Waals surface area contributed by atoms with E-state index in [1.807, 2.05) is 24.3 Å². The number of halogens is 1. The first-order valence-electron chi connectivity index (χ1n) is 7.94. The fourth-order valence-electron chi connectivity index (χ4n) is 2.28. The van der Waals surface area contributed by atoms with Crippen molar-refractivity contribution in [1.29, 1.82) is 0 Å². The molecule has 0 spiro atoms. The van der Waals surface area contributed by atoms with E-state index in [0.717, 1.165) is 21.8 Å². The number of thiazole rings is 1. The number of anilines is 1. The van der Waals surface area contributed by atoms with E-state index in [2.05, 4.69) is 10.3 Å². The predicted octanol–water partition coefficient (Wildman–Crippen LogP) is 4.53. The number of nitrogens with zero attached hydrogens (tertiary/aromatic N) is 1. The molecule has 0 unspecified atom stereocenters. The summed E-state index contributed by atoms with van der Waals surface area (Å²) in [5, 5.41) is 3.28. The van der Waals surface area contributed by atoms with Crippen LogP contribution in [0.3, 0.4) is 0 Å². The van der Waals surface area contributed by atoms with E-state index in [1.165, 1.54) is 29.5 Å². The number of methoxy groups -OCH3 is 1. The van der Waals surface area contributed by atoms with Gasteiger partial charge >= 0.3 is 0 Å². The summed E-state index contributed by atoms with van der Waals surface area (Å²) < 4.78 is 18.0. The lowest BCUT2D eigenvalue weighted by molar-refractivity contribution is -0.111. The molecule has 1 aromatic heterocycles. The molecule has 26 heavy (non-hydrogen) atoms. The van der Waals surface area contributed by atoms with Gasteiger partial charge in [0, 0.05) is 23.6 Å². The lowest BCUT2D eigenvalue weighted by atomic mass is 10.1. The fraction of sp³-hybridized carbons (Fsp3) is 0.100. The van der Waals surface area contributed by atoms with Gasteiger partial charge in [0.25, 0.3) is 0 Å². The first kappa shape index (κ1) is 17.8. The minimum atomic E-state index is -0.255. The lowest BCUT2D eigenvalue weighted by Gasteiger charge is -1.99. The van der Waals surface area contributed by atoms with Gasteiger partial charge in [0.15, 0.2) is 5.13 Å². The zero-order valence-corrected chi connectivity index (χ0v) is 14.9. The number of ether oxygens (including phenoxy) is 1. The van der Waals surface area contributed by atoms with E-state index >= 15 is 0 Å². The molecule has 0 aliphatic rings. The Morgan fingerprint density at radius 1 is 1.19 bits per heavy atom. The second-order valence-corrected chi connectivity index (χ2v) is 6.65. The Morgan fingerprint density at radius 3 is 2.62 bits per heavy atom. The number of hydrogen-bond donors (Lipinski definition) is 1. The van der Waals surface area contributed by atoms with Crippen LogP contribution in [0.5, 0.6) is 5.75 Å². The van der Waals surface area contributed by atoms with Crippen molar-refractivity contribution < 1.29 is 13.9 Å². The van der Waals surface area contributed by atoms with Gasteiger partial charge < -0.3 is 4.74 Å². The third-order valence-electron chi connectivity index (χ3n) is 3.62. The van der Waals surface area contributed by atoms with Gasteiger partial charge in [0.2, 0.25) is 5.91 Å². The first-order chi connectivity index (χ1) is 12.6. The highest BCUT2D eigenvalue weighted by molar-refractivity contribution is 7.15. The SMILES string of the molecule is COc1ccc(C=CC(=O)Nc2ncc(Cc3ccc(F)cc3)s2)cc1. The molecule has 0 aliphatic heterocycles. The minimum Gasteiger partial charge on any atom is -0.497 e. The zero-order chi connectivity index (χ0) is 18.4. The van der Waals surface area contributed by atoms with Gasteiger partial charge in [-0.2, -0.15) is 0 Å². The van der Waals surface area contributed by atoms with E-state index in [4.69, 9.17) is 4.74 Å². The van der Waals surface area contributed by atoms with Crippen molar-refractivity contribution in [3.8, 4) is 5.75 Å². The number of nitrogens with one attached hydrogen (secondary N) is 1. The summed E-state index contributed by atoms with van der Waals surface area (Å²) in [5.74, 6) is 0.265. The van der Waals surface area contributed by atoms with Crippen molar-refractivity contribution in [2.75, 3.05) is 12.4 Å². The van der Waals surface area contributed by atoms with E-state index in [-0.39, 0.29) is 11.7 Å². The Bertz CT molecular complexity index is 902. The normalized spacial score (nSPS) is 10.8. The monoisotopic (exact) mass is 368 g/mol. The summed E-state index contributed by atoms with van der Waals surface area (Å²) in [5.41, 5.74) is 1.89. The van der Waals surface area contributed by atoms with Gasteiger partial charge in [0.1, 0.15) is 11.6 Å². The molecule has 3 aromatic rings. The van der Waals surface area contributed by atoms with Crippen molar-refractivity contribution in [3.63, 3.8) is 0 Å². The number of amides is 1. The average Bonchev–Trinajstić information content (AvgIpc) is 3.09. The number of carbonyl (C=O) groups excluding carboxylic acids is 1. The molecule has 0 saturated heterocycles. The van der Waals surface area contributed by atoms with Crippen LogP contribution in [0, 0.1) is 5.82 Å². The number of carbonyl (C=O) groups is 1. The van der Waals surface area contributed by atoms with Crippen LogP contribution in [0.2, 0.25) is 0 Å². The van der Waals surface area contributed by atoms with Crippen LogP contribution < -0.4 is 10.1 Å². The third-order valence-corrected chi connectivity index (χ3v) is 4.53. The average molecular weight is 368 g/mol. The van der Waals surface area contributed by atoms with E-state index in [0.29, 0.717) is 11.6 Å². The number of rotatable bonds is 6. The van der Waals surface area contributed by atoms with Crippen molar-refractivity contribution in [2.24, 2.45) is 0 Å². The van der Waals surface area contributed by atoms with Crippen LogP contribution >= 0.6 is 11.3 Å². The molecule has 3 rings (SSSR count). The largest absolute Gasteiger partial charge is 0.497 e. The van der Waals surface area contributed by atoms with Crippen LogP contribution in [-0.4, -0.2) is 18.0 Å². The molecule has 0 saturated carbocycles. The molecule has 0 aliphatic carbocycles. The molecular formula is C20H17FN2O2S. The molecule has 1 amide bonds. The topological polar surface area (TPSA) is 51.2 Å². The molecule has 0 atom stereocenters. The molecule has 0 fully saturated rings. The maximum Gasteiger partial charge on any atom is 0.250 e. The quantitative estimate of drug-likeness (QED) is 0.650. The molecule has 132 valence electrons. The summed E-state index contributed by atoms with van der Waals surface area (Å²) in [6.07, 6.45) is 5.55. The molecule has 0 bridgehead atoms. The minimum absolute atomic E-state index is 0.247. The Kier molecular flexibility index (Phi) is 5.76. The van der Waals surface area contributed by atoms with Crippen LogP contribution in [0.4, 0.5) is 9.52 Å². The Labute approximate surface area is 155 Å². The van der Waals surface area contributed by atoms with E-state index in [1.54, 1.807) is 31.5 Å². The van der Waals surface area contributed by atoms with Crippen LogP contribution in [0.25, 0.3) is 6.08 Å². The highest BCUT2D eigenvalue weighted by atomic mass is 32.1. The summed E-state index contributed by atoms with van der Waals surface area (Å²) in [6.45, 7) is 0. The van der Waals surface area contributed by atoms with Crippen molar-refractivity contribution in [1.82, 2.24) is 4.98 Å². The van der Waals surface area contributed by atoms with E-state index < -0.39 is 0 Å². The Hall–Kier alpha value is -2.99. The maximum atomic E-state index is 12.9. The molecule has 1 heterocycles. The maximum absolute atomic E-state index is 12.9. The van der Waals surface area contributed by atoms with Gasteiger partial charge in [-0.25, -0.2) is 9.37 Å². The Morgan fingerprint density at radius 2 is 1.92 bits per heavy atom. The van der Waals surface area contributed by atoms with Gasteiger partial charge in [-0.05, 0) is 41.5 Å². The highest BCUT2D eigenvalue weighted by Crippen LogP contribution is 2.21.